The van der Waals surface area contributed by atoms with E-state index in [1.165, 1.54) is 6.92 Å². The maximum atomic E-state index is 12.3. The van der Waals surface area contributed by atoms with E-state index >= 15 is 0 Å². The van der Waals surface area contributed by atoms with Crippen LogP contribution in [0.25, 0.3) is 0 Å². The summed E-state index contributed by atoms with van der Waals surface area (Å²) in [6.45, 7) is 0.529. The van der Waals surface area contributed by atoms with Crippen LogP contribution in [-0.2, 0) is 61.8 Å². The minimum absolute atomic E-state index is 0.707. The highest BCUT2D eigenvalue weighted by atomic mass is 16.8. The third-order valence-corrected chi connectivity index (χ3v) is 10.9. The number of ether oxygens (including phenoxy) is 10. The van der Waals surface area contributed by atoms with E-state index in [2.05, 4.69) is 5.32 Å². The lowest BCUT2D eigenvalue weighted by molar-refractivity contribution is -0.414. The third kappa shape index (κ3) is 10.8. The number of carbonyl (C=O) groups excluding carboxylic acids is 2. The minimum Gasteiger partial charge on any atom is -0.479 e. The van der Waals surface area contributed by atoms with Gasteiger partial charge in [0.2, 0.25) is 5.91 Å². The second-order valence-electron chi connectivity index (χ2n) is 15.3. The van der Waals surface area contributed by atoms with Crippen molar-refractivity contribution in [1.82, 2.24) is 5.32 Å². The second kappa shape index (κ2) is 21.2. The van der Waals surface area contributed by atoms with Crippen molar-refractivity contribution in [3.8, 4) is 0 Å². The monoisotopic (exact) mass is 909 g/mol. The number of aliphatic carboxylic acids is 1. The smallest absolute Gasteiger partial charge is 0.335 e. The first-order valence-corrected chi connectivity index (χ1v) is 19.3. The molecule has 1 amide bonds. The van der Waals surface area contributed by atoms with Crippen molar-refractivity contribution < 1.29 is 133 Å². The Morgan fingerprint density at radius 1 is 0.516 bits per heavy atom. The Morgan fingerprint density at radius 2 is 1.06 bits per heavy atom. The fourth-order valence-electron chi connectivity index (χ4n) is 7.51. The highest BCUT2D eigenvalue weighted by molar-refractivity contribution is 5.73. The predicted octanol–water partition coefficient (Wildman–Crippen LogP) is -10.1. The number of hydrogen-bond donors (Lipinski definition) is 15. The van der Waals surface area contributed by atoms with Gasteiger partial charge in [-0.05, 0) is 6.92 Å². The largest absolute Gasteiger partial charge is 0.479 e. The Hall–Kier alpha value is -2.47. The molecule has 5 rings (SSSR count). The van der Waals surface area contributed by atoms with E-state index in [1.54, 1.807) is 0 Å². The molecule has 5 fully saturated rings. The van der Waals surface area contributed by atoms with Crippen LogP contribution >= 0.6 is 0 Å². The lowest BCUT2D eigenvalue weighted by atomic mass is 9.94. The number of carboxylic acids is 1. The molecule has 0 saturated carbocycles. The summed E-state index contributed by atoms with van der Waals surface area (Å²) in [5, 5.41) is 152. The molecule has 0 aromatic heterocycles. The van der Waals surface area contributed by atoms with Crippen molar-refractivity contribution in [2.45, 2.75) is 174 Å². The third-order valence-electron chi connectivity index (χ3n) is 10.9. The zero-order valence-corrected chi connectivity index (χ0v) is 33.1. The van der Waals surface area contributed by atoms with Gasteiger partial charge in [-0.3, -0.25) is 9.59 Å². The molecule has 15 N–H and O–H groups in total. The van der Waals surface area contributed by atoms with Crippen LogP contribution < -0.4 is 5.32 Å². The topological polar surface area (TPSA) is 439 Å². The maximum Gasteiger partial charge on any atom is 0.335 e. The van der Waals surface area contributed by atoms with Crippen molar-refractivity contribution in [3.63, 3.8) is 0 Å². The van der Waals surface area contributed by atoms with Crippen LogP contribution in [0.3, 0.4) is 0 Å². The molecule has 28 heteroatoms. The Labute approximate surface area is 350 Å². The van der Waals surface area contributed by atoms with Crippen molar-refractivity contribution in [2.75, 3.05) is 19.8 Å². The lowest BCUT2D eigenvalue weighted by Gasteiger charge is -2.52. The van der Waals surface area contributed by atoms with Gasteiger partial charge in [0.05, 0.1) is 19.3 Å². The van der Waals surface area contributed by atoms with E-state index < -0.39 is 191 Å². The molecule has 5 aliphatic rings. The van der Waals surface area contributed by atoms with Gasteiger partial charge in [0.15, 0.2) is 37.6 Å². The van der Waals surface area contributed by atoms with Crippen molar-refractivity contribution in [1.29, 1.82) is 0 Å². The summed E-state index contributed by atoms with van der Waals surface area (Å²) in [5.74, 6) is -3.51. The summed E-state index contributed by atoms with van der Waals surface area (Å²) in [7, 11) is 0. The Bertz CT molecular complexity index is 1500. The molecule has 62 heavy (non-hydrogen) atoms. The number of hydrogen-bond acceptors (Lipinski definition) is 26. The molecule has 25 atom stereocenters. The summed E-state index contributed by atoms with van der Waals surface area (Å²) in [5.41, 5.74) is 0. The van der Waals surface area contributed by atoms with Gasteiger partial charge in [-0.1, -0.05) is 0 Å². The van der Waals surface area contributed by atoms with Gasteiger partial charge >= 0.3 is 11.9 Å². The van der Waals surface area contributed by atoms with E-state index in [1.807, 2.05) is 0 Å². The average molecular weight is 910 g/mol. The molecule has 0 bridgehead atoms. The first kappa shape index (κ1) is 50.5. The summed E-state index contributed by atoms with van der Waals surface area (Å²) in [4.78, 5) is 35.9. The lowest BCUT2D eigenvalue weighted by Crippen LogP contribution is -2.71. The molecule has 5 heterocycles. The fourth-order valence-corrected chi connectivity index (χ4v) is 7.51. The highest BCUT2D eigenvalue weighted by Gasteiger charge is 2.59. The van der Waals surface area contributed by atoms with E-state index in [0.717, 1.165) is 13.8 Å². The molecule has 0 spiro atoms. The molecule has 5 aliphatic heterocycles. The van der Waals surface area contributed by atoms with Gasteiger partial charge < -0.3 is 124 Å². The average Bonchev–Trinajstić information content (AvgIpc) is 3.22. The van der Waals surface area contributed by atoms with E-state index in [-0.39, 0.29) is 0 Å². The Kier molecular flexibility index (Phi) is 17.3. The number of aliphatic hydroxyl groups is 13. The fraction of sp³-hybridized carbons (Fsp3) is 0.912. The Balaban J connectivity index is 1.63. The second-order valence-corrected chi connectivity index (χ2v) is 15.3. The molecule has 358 valence electrons. The number of nitrogens with one attached hydrogen (secondary N) is 1. The number of carbonyl (C=O) groups is 3. The number of carboxylic acid groups (broad SMARTS) is 1. The first-order chi connectivity index (χ1) is 29.1. The first-order valence-electron chi connectivity index (χ1n) is 19.3. The van der Waals surface area contributed by atoms with Crippen LogP contribution in [0.5, 0.6) is 0 Å². The SMILES string of the molecule is CC(=O)N[C@H]1[C@H](O[C@H]2[C@H](O[C@@H]3O[C@@H](C)[C@H](O)[C@@H](O)[C@H]3O)[C@H](O[C@@H]3O[C@H](C(=O)O)[C@@H](O)[C@H](O)[C@H]3O)[C@@H](O[C@@H]3[C@H](O)[C@@H](O)O[C@H](COC(C)=O)[C@H]3O)O[C@@H]2CO)O[C@H](CO)[C@@H](O)[C@@H]1O. The van der Waals surface area contributed by atoms with Crippen molar-refractivity contribution in [3.05, 3.63) is 0 Å². The van der Waals surface area contributed by atoms with Gasteiger partial charge in [0.25, 0.3) is 0 Å². The minimum atomic E-state index is -2.34. The molecular formula is C34H55NO27. The number of esters is 1. The molecule has 0 radical (unpaired) electrons. The van der Waals surface area contributed by atoms with Crippen LogP contribution in [0.2, 0.25) is 0 Å². The van der Waals surface area contributed by atoms with Gasteiger partial charge in [0.1, 0.15) is 116 Å². The Morgan fingerprint density at radius 3 is 1.65 bits per heavy atom. The molecule has 0 aliphatic carbocycles. The summed E-state index contributed by atoms with van der Waals surface area (Å²) in [6, 6.07) is -1.69. The van der Waals surface area contributed by atoms with Crippen LogP contribution in [0.1, 0.15) is 20.8 Å². The van der Waals surface area contributed by atoms with Crippen LogP contribution in [-0.4, -0.2) is 263 Å². The van der Waals surface area contributed by atoms with Crippen LogP contribution in [0.4, 0.5) is 0 Å². The molecule has 0 aromatic carbocycles. The highest BCUT2D eigenvalue weighted by Crippen LogP contribution is 2.38. The number of amides is 1. The van der Waals surface area contributed by atoms with Gasteiger partial charge in [-0.15, -0.1) is 0 Å². The molecule has 0 aromatic rings. The zero-order valence-electron chi connectivity index (χ0n) is 33.1. The van der Waals surface area contributed by atoms with E-state index in [9.17, 15) is 85.9 Å². The molecule has 0 unspecified atom stereocenters. The van der Waals surface area contributed by atoms with Crippen molar-refractivity contribution >= 4 is 17.8 Å². The summed E-state index contributed by atoms with van der Waals surface area (Å²) >= 11 is 0. The number of aliphatic hydroxyl groups excluding tert-OH is 13. The maximum absolute atomic E-state index is 12.3. The van der Waals surface area contributed by atoms with Gasteiger partial charge in [-0.2, -0.15) is 0 Å². The predicted molar refractivity (Wildman–Crippen MR) is 187 cm³/mol. The summed E-state index contributed by atoms with van der Waals surface area (Å²) in [6.07, 6.45) is -48.4. The molecule has 5 saturated heterocycles. The van der Waals surface area contributed by atoms with Crippen LogP contribution in [0, 0.1) is 0 Å². The summed E-state index contributed by atoms with van der Waals surface area (Å²) < 4.78 is 56.9. The van der Waals surface area contributed by atoms with E-state index in [4.69, 9.17) is 47.4 Å². The normalized spacial score (nSPS) is 48.9. The van der Waals surface area contributed by atoms with Gasteiger partial charge in [0, 0.05) is 13.8 Å². The van der Waals surface area contributed by atoms with Crippen molar-refractivity contribution in [2.24, 2.45) is 0 Å². The standard InChI is InChI=1S/C34H55NO27/c1-7-14(40)18(44)21(47)32(54-7)61-27-24(58-31-13(35-8(2)38)17(43)15(41)10(4-36)56-31)11(5-37)57-34(28(27)62-33-22(48)19(45)20(46)26(60-33)29(50)51)59-25-16(42)12(6-53-9(3)39)55-30(52)23(25)49/h7,10-28,30-34,36-37,40-49,52H,4-6H2,1-3H3,(H,35,38)(H,50,51)/t7-,10+,11+,12+,13+,14-,15+,16+,17+,18+,19-,20-,21+,22+,23-,24+,25-,26-,27-,28-,30-,31-,32-,33-,34+/m0/s1. The number of rotatable bonds is 14. The van der Waals surface area contributed by atoms with Gasteiger partial charge in [-0.25, -0.2) is 4.79 Å². The quantitative estimate of drug-likeness (QED) is 0.0720. The molecular weight excluding hydrogens is 854 g/mol. The van der Waals surface area contributed by atoms with E-state index in [0.29, 0.717) is 0 Å². The zero-order chi connectivity index (χ0) is 46.1. The van der Waals surface area contributed by atoms with Crippen LogP contribution in [0.15, 0.2) is 0 Å². The molecule has 28 nitrogen and oxygen atoms in total.